The van der Waals surface area contributed by atoms with Crippen LogP contribution in [0.15, 0.2) is 54.1 Å². The first kappa shape index (κ1) is 21.0. The molecule has 0 radical (unpaired) electrons. The molecule has 2 aromatic rings. The minimum absolute atomic E-state index is 0.0281. The lowest BCUT2D eigenvalue weighted by atomic mass is 10.1. The number of rotatable bonds is 9. The van der Waals surface area contributed by atoms with Crippen LogP contribution in [0.1, 0.15) is 32.8 Å². The minimum Gasteiger partial charge on any atom is -0.493 e. The Morgan fingerprint density at radius 2 is 1.79 bits per heavy atom. The van der Waals surface area contributed by atoms with E-state index >= 15 is 0 Å². The van der Waals surface area contributed by atoms with Gasteiger partial charge in [0.2, 0.25) is 0 Å². The number of para-hydroxylation sites is 1. The molecule has 146 valence electrons. The number of nitriles is 1. The van der Waals surface area contributed by atoms with Crippen molar-refractivity contribution in [2.75, 3.05) is 29.9 Å². The molecule has 2 rings (SSSR count). The Kier molecular flexibility index (Phi) is 8.11. The fraction of sp³-hybridized carbons (Fsp3) is 0.304. The molecule has 0 spiro atoms. The van der Waals surface area contributed by atoms with E-state index in [2.05, 4.69) is 24.1 Å². The SMILES string of the molecule is CCCOc1ccccc1/C=C(\C#N)C(=O)Nc1ccc(N(CC)CC)cc1. The standard InChI is InChI=1S/C23H27N3O2/c1-4-15-28-22-10-8-7-9-18(22)16-19(17-24)23(27)25-20-11-13-21(14-12-20)26(5-2)6-3/h7-14,16H,4-6,15H2,1-3H3,(H,25,27)/b19-16+. The fourth-order valence-electron chi connectivity index (χ4n) is 2.79. The topological polar surface area (TPSA) is 65.4 Å². The van der Waals surface area contributed by atoms with E-state index in [0.717, 1.165) is 25.2 Å². The molecule has 0 saturated carbocycles. The Bertz CT molecular complexity index is 847. The summed E-state index contributed by atoms with van der Waals surface area (Å²) in [5.41, 5.74) is 2.48. The van der Waals surface area contributed by atoms with E-state index in [-0.39, 0.29) is 5.57 Å². The van der Waals surface area contributed by atoms with Gasteiger partial charge in [-0.25, -0.2) is 0 Å². The first-order valence-corrected chi connectivity index (χ1v) is 9.62. The molecule has 0 aliphatic heterocycles. The molecule has 0 unspecified atom stereocenters. The number of carbonyl (C=O) groups is 1. The average molecular weight is 377 g/mol. The second-order valence-electron chi connectivity index (χ2n) is 6.23. The molecular formula is C23H27N3O2. The molecule has 0 aliphatic carbocycles. The summed E-state index contributed by atoms with van der Waals surface area (Å²) in [7, 11) is 0. The number of hydrogen-bond acceptors (Lipinski definition) is 4. The third kappa shape index (κ3) is 5.62. The van der Waals surface area contributed by atoms with Gasteiger partial charge in [-0.2, -0.15) is 5.26 Å². The summed E-state index contributed by atoms with van der Waals surface area (Å²) < 4.78 is 5.70. The van der Waals surface area contributed by atoms with Gasteiger partial charge in [-0.3, -0.25) is 4.79 Å². The minimum atomic E-state index is -0.441. The molecule has 2 aromatic carbocycles. The predicted molar refractivity (Wildman–Crippen MR) is 114 cm³/mol. The molecule has 0 aliphatic rings. The molecule has 1 N–H and O–H groups in total. The first-order valence-electron chi connectivity index (χ1n) is 9.62. The van der Waals surface area contributed by atoms with Crippen LogP contribution < -0.4 is 15.0 Å². The van der Waals surface area contributed by atoms with E-state index in [9.17, 15) is 10.1 Å². The molecule has 0 saturated heterocycles. The van der Waals surface area contributed by atoms with Gasteiger partial charge in [0.1, 0.15) is 17.4 Å². The molecule has 1 amide bonds. The van der Waals surface area contributed by atoms with Crippen LogP contribution in [-0.4, -0.2) is 25.6 Å². The highest BCUT2D eigenvalue weighted by Gasteiger charge is 2.12. The molecule has 0 bridgehead atoms. The Morgan fingerprint density at radius 1 is 1.11 bits per heavy atom. The molecule has 5 heteroatoms. The molecule has 0 atom stereocenters. The van der Waals surface area contributed by atoms with Crippen molar-refractivity contribution in [2.45, 2.75) is 27.2 Å². The van der Waals surface area contributed by atoms with E-state index in [1.54, 1.807) is 6.08 Å². The van der Waals surface area contributed by atoms with Crippen molar-refractivity contribution in [2.24, 2.45) is 0 Å². The lowest BCUT2D eigenvalue weighted by molar-refractivity contribution is -0.112. The highest BCUT2D eigenvalue weighted by Crippen LogP contribution is 2.22. The van der Waals surface area contributed by atoms with Crippen LogP contribution in [0, 0.1) is 11.3 Å². The number of ether oxygens (including phenoxy) is 1. The Morgan fingerprint density at radius 3 is 2.39 bits per heavy atom. The van der Waals surface area contributed by atoms with Crippen molar-refractivity contribution in [3.05, 3.63) is 59.7 Å². The van der Waals surface area contributed by atoms with Crippen LogP contribution in [0.4, 0.5) is 11.4 Å². The van der Waals surface area contributed by atoms with Gasteiger partial charge in [0.05, 0.1) is 6.61 Å². The van der Waals surface area contributed by atoms with Crippen molar-refractivity contribution in [3.63, 3.8) is 0 Å². The fourth-order valence-corrected chi connectivity index (χ4v) is 2.79. The molecule has 0 heterocycles. The molecule has 0 aromatic heterocycles. The van der Waals surface area contributed by atoms with Crippen molar-refractivity contribution in [1.82, 2.24) is 0 Å². The first-order chi connectivity index (χ1) is 13.6. The van der Waals surface area contributed by atoms with E-state index in [1.165, 1.54) is 0 Å². The zero-order valence-corrected chi connectivity index (χ0v) is 16.7. The summed E-state index contributed by atoms with van der Waals surface area (Å²) in [5, 5.41) is 12.2. The van der Waals surface area contributed by atoms with E-state index in [1.807, 2.05) is 61.5 Å². The van der Waals surface area contributed by atoms with E-state index in [4.69, 9.17) is 4.74 Å². The van der Waals surface area contributed by atoms with Gasteiger partial charge in [0.25, 0.3) is 5.91 Å². The van der Waals surface area contributed by atoms with Gasteiger partial charge < -0.3 is 15.0 Å². The largest absolute Gasteiger partial charge is 0.493 e. The molecular weight excluding hydrogens is 350 g/mol. The summed E-state index contributed by atoms with van der Waals surface area (Å²) >= 11 is 0. The number of hydrogen-bond donors (Lipinski definition) is 1. The maximum atomic E-state index is 12.6. The Labute approximate surface area is 167 Å². The zero-order valence-electron chi connectivity index (χ0n) is 16.7. The second kappa shape index (κ2) is 10.8. The zero-order chi connectivity index (χ0) is 20.4. The number of amides is 1. The van der Waals surface area contributed by atoms with Crippen LogP contribution in [0.2, 0.25) is 0 Å². The summed E-state index contributed by atoms with van der Waals surface area (Å²) in [6, 6.07) is 17.0. The third-order valence-corrected chi connectivity index (χ3v) is 4.30. The Balaban J connectivity index is 2.16. The quantitative estimate of drug-likeness (QED) is 0.500. The van der Waals surface area contributed by atoms with Crippen LogP contribution in [0.3, 0.4) is 0 Å². The third-order valence-electron chi connectivity index (χ3n) is 4.30. The van der Waals surface area contributed by atoms with Crippen molar-refractivity contribution in [3.8, 4) is 11.8 Å². The summed E-state index contributed by atoms with van der Waals surface area (Å²) in [5.74, 6) is 0.219. The number of nitrogens with one attached hydrogen (secondary N) is 1. The highest BCUT2D eigenvalue weighted by molar-refractivity contribution is 6.09. The smallest absolute Gasteiger partial charge is 0.266 e. The number of benzene rings is 2. The van der Waals surface area contributed by atoms with Crippen LogP contribution in [-0.2, 0) is 4.79 Å². The lowest BCUT2D eigenvalue weighted by Crippen LogP contribution is -2.21. The highest BCUT2D eigenvalue weighted by atomic mass is 16.5. The number of nitrogens with zero attached hydrogens (tertiary/aromatic N) is 2. The molecule has 5 nitrogen and oxygen atoms in total. The molecule has 0 fully saturated rings. The maximum absolute atomic E-state index is 12.6. The number of carbonyl (C=O) groups excluding carboxylic acids is 1. The van der Waals surface area contributed by atoms with Crippen LogP contribution in [0.5, 0.6) is 5.75 Å². The van der Waals surface area contributed by atoms with Gasteiger partial charge in [0, 0.05) is 30.0 Å². The predicted octanol–water partition coefficient (Wildman–Crippen LogP) is 4.87. The summed E-state index contributed by atoms with van der Waals surface area (Å²) in [6.07, 6.45) is 2.44. The van der Waals surface area contributed by atoms with Crippen LogP contribution in [0.25, 0.3) is 6.08 Å². The summed E-state index contributed by atoms with van der Waals surface area (Å²) in [4.78, 5) is 14.8. The van der Waals surface area contributed by atoms with Gasteiger partial charge in [-0.05, 0) is 56.7 Å². The normalized spacial score (nSPS) is 10.9. The second-order valence-corrected chi connectivity index (χ2v) is 6.23. The van der Waals surface area contributed by atoms with Crippen molar-refractivity contribution < 1.29 is 9.53 Å². The Hall–Kier alpha value is -3.26. The van der Waals surface area contributed by atoms with Crippen molar-refractivity contribution in [1.29, 1.82) is 5.26 Å². The average Bonchev–Trinajstić information content (AvgIpc) is 2.73. The van der Waals surface area contributed by atoms with Crippen LogP contribution >= 0.6 is 0 Å². The van der Waals surface area contributed by atoms with E-state index in [0.29, 0.717) is 23.6 Å². The summed E-state index contributed by atoms with van der Waals surface area (Å²) in [6.45, 7) is 8.65. The van der Waals surface area contributed by atoms with Gasteiger partial charge in [-0.15, -0.1) is 0 Å². The van der Waals surface area contributed by atoms with Crippen molar-refractivity contribution >= 4 is 23.4 Å². The monoisotopic (exact) mass is 377 g/mol. The number of anilines is 2. The van der Waals surface area contributed by atoms with Gasteiger partial charge in [-0.1, -0.05) is 25.1 Å². The lowest BCUT2D eigenvalue weighted by Gasteiger charge is -2.21. The molecule has 28 heavy (non-hydrogen) atoms. The van der Waals surface area contributed by atoms with E-state index < -0.39 is 5.91 Å². The van der Waals surface area contributed by atoms with Gasteiger partial charge >= 0.3 is 0 Å². The van der Waals surface area contributed by atoms with Gasteiger partial charge in [0.15, 0.2) is 0 Å². The maximum Gasteiger partial charge on any atom is 0.266 e.